The van der Waals surface area contributed by atoms with Gasteiger partial charge in [-0.3, -0.25) is 0 Å². The number of furan rings is 1. The maximum atomic E-state index is 6.72. The molecule has 11 rings (SSSR count). The summed E-state index contributed by atoms with van der Waals surface area (Å²) in [5, 5.41) is 9.01. The molecule has 0 N–H and O–H groups in total. The van der Waals surface area contributed by atoms with Crippen LogP contribution in [0.25, 0.3) is 111 Å². The first-order valence-electron chi connectivity index (χ1n) is 18.5. The lowest BCUT2D eigenvalue weighted by molar-refractivity contribution is 0.670. The Labute approximate surface area is 317 Å². The fourth-order valence-corrected chi connectivity index (χ4v) is 8.09. The fourth-order valence-electron chi connectivity index (χ4n) is 8.09. The molecule has 256 valence electrons. The molecule has 0 bridgehead atoms. The zero-order valence-corrected chi connectivity index (χ0v) is 29.6. The number of nitrogens with zero attached hydrogens (tertiary/aromatic N) is 3. The summed E-state index contributed by atoms with van der Waals surface area (Å²) in [5.41, 5.74) is 8.84. The summed E-state index contributed by atoms with van der Waals surface area (Å²) in [6, 6.07) is 65.6. The van der Waals surface area contributed by atoms with Gasteiger partial charge in [0.15, 0.2) is 17.5 Å². The zero-order chi connectivity index (χ0) is 36.3. The molecule has 0 spiro atoms. The van der Waals surface area contributed by atoms with E-state index in [0.717, 1.165) is 60.5 Å². The van der Waals surface area contributed by atoms with Crippen molar-refractivity contribution in [1.82, 2.24) is 15.0 Å². The average Bonchev–Trinajstić information content (AvgIpc) is 3.66. The lowest BCUT2D eigenvalue weighted by Crippen LogP contribution is -2.01. The summed E-state index contributed by atoms with van der Waals surface area (Å²) >= 11 is 0. The van der Waals surface area contributed by atoms with Gasteiger partial charge >= 0.3 is 0 Å². The smallest absolute Gasteiger partial charge is 0.164 e. The van der Waals surface area contributed by atoms with Gasteiger partial charge in [0.05, 0.1) is 0 Å². The lowest BCUT2D eigenvalue weighted by Gasteiger charge is -2.14. The van der Waals surface area contributed by atoms with Gasteiger partial charge in [-0.2, -0.15) is 0 Å². The highest BCUT2D eigenvalue weighted by atomic mass is 16.3. The minimum absolute atomic E-state index is 0.591. The third-order valence-corrected chi connectivity index (χ3v) is 10.7. The molecule has 0 aliphatic heterocycles. The van der Waals surface area contributed by atoms with Crippen LogP contribution in [0.5, 0.6) is 0 Å². The van der Waals surface area contributed by atoms with E-state index in [0.29, 0.717) is 17.5 Å². The Hall–Kier alpha value is -7.43. The molecule has 0 atom stereocenters. The maximum absolute atomic E-state index is 6.72. The number of benzene rings is 9. The van der Waals surface area contributed by atoms with E-state index in [4.69, 9.17) is 19.4 Å². The number of rotatable bonds is 5. The van der Waals surface area contributed by atoms with Gasteiger partial charge < -0.3 is 4.42 Å². The van der Waals surface area contributed by atoms with Crippen molar-refractivity contribution in [1.29, 1.82) is 0 Å². The molecule has 0 aliphatic carbocycles. The molecule has 4 nitrogen and oxygen atoms in total. The van der Waals surface area contributed by atoms with Crippen LogP contribution in [0, 0.1) is 0 Å². The second-order valence-corrected chi connectivity index (χ2v) is 13.9. The van der Waals surface area contributed by atoms with Crippen LogP contribution in [0.4, 0.5) is 0 Å². The third kappa shape index (κ3) is 5.19. The van der Waals surface area contributed by atoms with Gasteiger partial charge in [0.25, 0.3) is 0 Å². The number of hydrogen-bond donors (Lipinski definition) is 0. The second-order valence-electron chi connectivity index (χ2n) is 13.9. The molecule has 0 saturated heterocycles. The summed E-state index contributed by atoms with van der Waals surface area (Å²) < 4.78 is 6.72. The zero-order valence-electron chi connectivity index (χ0n) is 29.6. The van der Waals surface area contributed by atoms with Gasteiger partial charge in [0.2, 0.25) is 0 Å². The van der Waals surface area contributed by atoms with Crippen molar-refractivity contribution in [2.75, 3.05) is 0 Å². The molecule has 9 aromatic carbocycles. The fraction of sp³-hybridized carbons (Fsp3) is 0. The van der Waals surface area contributed by atoms with Gasteiger partial charge in [-0.15, -0.1) is 0 Å². The Morgan fingerprint density at radius 2 is 0.855 bits per heavy atom. The Balaban J connectivity index is 1.17. The van der Waals surface area contributed by atoms with Crippen LogP contribution in [0.15, 0.2) is 192 Å². The van der Waals surface area contributed by atoms with E-state index < -0.39 is 0 Å². The summed E-state index contributed by atoms with van der Waals surface area (Å²) in [4.78, 5) is 15.8. The SMILES string of the molecule is c1ccc(-c2ccc(-c3ccc(-c4nc(-c5ccccc5)nc(-c5cc6c7ccccc7ccc6c6ccccc56)n4)c4c3oc3ccccc34)cc2)cc1. The highest BCUT2D eigenvalue weighted by Gasteiger charge is 2.22. The topological polar surface area (TPSA) is 51.8 Å². The van der Waals surface area contributed by atoms with Gasteiger partial charge in [0, 0.05) is 33.0 Å². The van der Waals surface area contributed by atoms with Crippen molar-refractivity contribution in [2.45, 2.75) is 0 Å². The van der Waals surface area contributed by atoms with Crippen LogP contribution in [0.2, 0.25) is 0 Å². The molecular formula is C51H31N3O. The van der Waals surface area contributed by atoms with Crippen LogP contribution in [0.1, 0.15) is 0 Å². The minimum atomic E-state index is 0.591. The molecule has 0 amide bonds. The van der Waals surface area contributed by atoms with E-state index in [1.807, 2.05) is 36.4 Å². The third-order valence-electron chi connectivity index (χ3n) is 10.7. The average molecular weight is 702 g/mol. The molecule has 0 unspecified atom stereocenters. The van der Waals surface area contributed by atoms with E-state index in [9.17, 15) is 0 Å². The van der Waals surface area contributed by atoms with Crippen molar-refractivity contribution < 1.29 is 4.42 Å². The maximum Gasteiger partial charge on any atom is 0.164 e. The largest absolute Gasteiger partial charge is 0.455 e. The van der Waals surface area contributed by atoms with Crippen LogP contribution in [0.3, 0.4) is 0 Å². The van der Waals surface area contributed by atoms with E-state index in [1.54, 1.807) is 0 Å². The lowest BCUT2D eigenvalue weighted by atomic mass is 9.93. The van der Waals surface area contributed by atoms with E-state index in [2.05, 4.69) is 152 Å². The molecule has 11 aromatic rings. The molecule has 0 aliphatic rings. The standard InChI is InChI=1S/C51H31N3O/c1-3-13-32(14-4-1)33-23-25-35(26-24-33)38-29-30-43(47-42-21-11-12-22-46(42)55-48(38)47)50-52-49(36-16-5-2-6-17-36)53-51(54-50)45-31-44-37-18-8-7-15-34(37)27-28-41(44)39-19-9-10-20-40(39)45/h1-31H. The Bertz CT molecular complexity index is 3240. The molecular weight excluding hydrogens is 671 g/mol. The predicted octanol–water partition coefficient (Wildman–Crippen LogP) is 13.6. The Kier molecular flexibility index (Phi) is 7.14. The minimum Gasteiger partial charge on any atom is -0.455 e. The molecule has 0 saturated carbocycles. The van der Waals surface area contributed by atoms with Crippen molar-refractivity contribution in [2.24, 2.45) is 0 Å². The highest BCUT2D eigenvalue weighted by Crippen LogP contribution is 2.43. The number of fused-ring (bicyclic) bond motifs is 8. The van der Waals surface area contributed by atoms with Crippen LogP contribution >= 0.6 is 0 Å². The Morgan fingerprint density at radius 1 is 0.309 bits per heavy atom. The molecule has 0 fully saturated rings. The Morgan fingerprint density at radius 3 is 1.64 bits per heavy atom. The first kappa shape index (κ1) is 31.1. The molecule has 0 radical (unpaired) electrons. The molecule has 55 heavy (non-hydrogen) atoms. The first-order valence-corrected chi connectivity index (χ1v) is 18.5. The van der Waals surface area contributed by atoms with E-state index >= 15 is 0 Å². The van der Waals surface area contributed by atoms with Gasteiger partial charge in [-0.25, -0.2) is 15.0 Å². The van der Waals surface area contributed by atoms with Crippen LogP contribution in [-0.4, -0.2) is 15.0 Å². The van der Waals surface area contributed by atoms with Crippen molar-refractivity contribution >= 4 is 54.3 Å². The highest BCUT2D eigenvalue weighted by molar-refractivity contribution is 6.21. The number of aromatic nitrogens is 3. The normalized spacial score (nSPS) is 11.6. The van der Waals surface area contributed by atoms with Gasteiger partial charge in [-0.1, -0.05) is 164 Å². The first-order chi connectivity index (χ1) is 27.3. The van der Waals surface area contributed by atoms with Crippen LogP contribution in [-0.2, 0) is 0 Å². The number of para-hydroxylation sites is 1. The number of hydrogen-bond acceptors (Lipinski definition) is 4. The molecule has 2 aromatic heterocycles. The molecule has 2 heterocycles. The van der Waals surface area contributed by atoms with Crippen molar-refractivity contribution in [3.63, 3.8) is 0 Å². The predicted molar refractivity (Wildman–Crippen MR) is 227 cm³/mol. The quantitative estimate of drug-likeness (QED) is 0.168. The summed E-state index contributed by atoms with van der Waals surface area (Å²) in [5.74, 6) is 1.83. The molecule has 4 heteroatoms. The summed E-state index contributed by atoms with van der Waals surface area (Å²) in [6.07, 6.45) is 0. The monoisotopic (exact) mass is 701 g/mol. The summed E-state index contributed by atoms with van der Waals surface area (Å²) in [6.45, 7) is 0. The van der Waals surface area contributed by atoms with E-state index in [1.165, 1.54) is 32.7 Å². The summed E-state index contributed by atoms with van der Waals surface area (Å²) in [7, 11) is 0. The second kappa shape index (κ2) is 12.6. The van der Waals surface area contributed by atoms with Gasteiger partial charge in [-0.05, 0) is 73.3 Å². The van der Waals surface area contributed by atoms with Crippen molar-refractivity contribution in [3.05, 3.63) is 188 Å². The van der Waals surface area contributed by atoms with E-state index in [-0.39, 0.29) is 0 Å². The van der Waals surface area contributed by atoms with Gasteiger partial charge in [0.1, 0.15) is 11.2 Å². The van der Waals surface area contributed by atoms with Crippen molar-refractivity contribution in [3.8, 4) is 56.4 Å². The van der Waals surface area contributed by atoms with Crippen LogP contribution < -0.4 is 0 Å².